The molecule has 2 atom stereocenters. The summed E-state index contributed by atoms with van der Waals surface area (Å²) in [5.74, 6) is -1.35. The van der Waals surface area contributed by atoms with Crippen LogP contribution in [0.2, 0.25) is 0 Å². The molecule has 0 saturated carbocycles. The number of aromatic nitrogens is 1. The topological polar surface area (TPSA) is 140 Å². The lowest BCUT2D eigenvalue weighted by Gasteiger charge is -2.35. The summed E-state index contributed by atoms with van der Waals surface area (Å²) in [6, 6.07) is 12.2. The first-order valence-electron chi connectivity index (χ1n) is 16.7. The van der Waals surface area contributed by atoms with E-state index in [1.165, 1.54) is 5.06 Å². The standard InChI is InChI=1S/C35H49N5O8/c1-6-7-21-46-34(44)48-40-19-17-38(18-20-40)33(43)28(13-14-31(41)47-35(2,3)4)37-32(42)30-23-26(39-16-15-27(24-39)45-5)22-29(36-30)25-11-9-8-10-12-25/h8-12,22-23,27-28H,6-7,13-21,24H2,1-5H3,(H,37,42)/t27-,28-/m0/s1. The minimum absolute atomic E-state index is 0.0346. The lowest BCUT2D eigenvalue weighted by Crippen LogP contribution is -2.55. The highest BCUT2D eigenvalue weighted by Crippen LogP contribution is 2.28. The smallest absolute Gasteiger partial charge is 0.460 e. The number of benzene rings is 1. The number of carbonyl (C=O) groups excluding carboxylic acids is 4. The first kappa shape index (κ1) is 36.6. The minimum atomic E-state index is -1.02. The third-order valence-electron chi connectivity index (χ3n) is 8.09. The molecule has 2 amide bonds. The van der Waals surface area contributed by atoms with Gasteiger partial charge in [0.2, 0.25) is 5.91 Å². The molecule has 0 radical (unpaired) electrons. The number of ether oxygens (including phenoxy) is 3. The second-order valence-corrected chi connectivity index (χ2v) is 13.0. The molecule has 0 bridgehead atoms. The number of methoxy groups -OCH3 is 1. The van der Waals surface area contributed by atoms with E-state index in [0.29, 0.717) is 12.2 Å². The van der Waals surface area contributed by atoms with Crippen molar-refractivity contribution in [3.05, 3.63) is 48.2 Å². The molecule has 0 aliphatic carbocycles. The van der Waals surface area contributed by atoms with Gasteiger partial charge in [0, 0.05) is 51.0 Å². The maximum atomic E-state index is 13.9. The van der Waals surface area contributed by atoms with Crippen LogP contribution in [0, 0.1) is 0 Å². The molecule has 1 aromatic carbocycles. The Morgan fingerprint density at radius 1 is 1.02 bits per heavy atom. The van der Waals surface area contributed by atoms with Gasteiger partial charge in [0.05, 0.1) is 31.5 Å². The van der Waals surface area contributed by atoms with Crippen molar-refractivity contribution in [2.24, 2.45) is 0 Å². The van der Waals surface area contributed by atoms with Crippen LogP contribution in [0.5, 0.6) is 0 Å². The quantitative estimate of drug-likeness (QED) is 0.243. The van der Waals surface area contributed by atoms with Crippen LogP contribution in [-0.2, 0) is 28.6 Å². The van der Waals surface area contributed by atoms with Crippen LogP contribution in [-0.4, -0.2) is 110 Å². The molecule has 2 aliphatic heterocycles. The number of piperazine rings is 1. The lowest BCUT2D eigenvalue weighted by molar-refractivity contribution is -0.158. The summed E-state index contributed by atoms with van der Waals surface area (Å²) in [7, 11) is 1.69. The molecule has 2 aromatic rings. The molecule has 0 unspecified atom stereocenters. The Morgan fingerprint density at radius 3 is 2.40 bits per heavy atom. The highest BCUT2D eigenvalue weighted by atomic mass is 16.8. The lowest BCUT2D eigenvalue weighted by atomic mass is 10.1. The van der Waals surface area contributed by atoms with Crippen molar-refractivity contribution in [1.82, 2.24) is 20.3 Å². The fourth-order valence-corrected chi connectivity index (χ4v) is 5.52. The number of hydrogen-bond acceptors (Lipinski definition) is 11. The summed E-state index contributed by atoms with van der Waals surface area (Å²) < 4.78 is 16.1. The predicted molar refractivity (Wildman–Crippen MR) is 179 cm³/mol. The van der Waals surface area contributed by atoms with E-state index in [-0.39, 0.29) is 63.3 Å². The number of pyridine rings is 1. The van der Waals surface area contributed by atoms with Crippen molar-refractivity contribution in [3.63, 3.8) is 0 Å². The number of unbranched alkanes of at least 4 members (excludes halogenated alkanes) is 1. The van der Waals surface area contributed by atoms with Crippen molar-refractivity contribution in [2.75, 3.05) is 57.9 Å². The van der Waals surface area contributed by atoms with Gasteiger partial charge in [-0.15, -0.1) is 5.06 Å². The van der Waals surface area contributed by atoms with Gasteiger partial charge < -0.3 is 34.2 Å². The molecule has 1 N–H and O–H groups in total. The molecule has 13 nitrogen and oxygen atoms in total. The first-order valence-corrected chi connectivity index (χ1v) is 16.7. The normalized spacial score (nSPS) is 17.5. The highest BCUT2D eigenvalue weighted by molar-refractivity contribution is 5.97. The summed E-state index contributed by atoms with van der Waals surface area (Å²) in [6.45, 7) is 10.1. The van der Waals surface area contributed by atoms with Gasteiger partial charge in [-0.1, -0.05) is 43.7 Å². The summed E-state index contributed by atoms with van der Waals surface area (Å²) in [6.07, 6.45) is 1.77. The number of hydrogen-bond donors (Lipinski definition) is 1. The summed E-state index contributed by atoms with van der Waals surface area (Å²) in [5, 5.41) is 4.33. The van der Waals surface area contributed by atoms with Crippen molar-refractivity contribution >= 4 is 29.6 Å². The first-order chi connectivity index (χ1) is 23.0. The van der Waals surface area contributed by atoms with Crippen LogP contribution in [0.4, 0.5) is 10.5 Å². The zero-order chi connectivity index (χ0) is 34.7. The van der Waals surface area contributed by atoms with Crippen molar-refractivity contribution < 1.29 is 38.2 Å². The number of rotatable bonds is 13. The second kappa shape index (κ2) is 17.3. The van der Waals surface area contributed by atoms with E-state index in [4.69, 9.17) is 24.0 Å². The third kappa shape index (κ3) is 10.9. The summed E-state index contributed by atoms with van der Waals surface area (Å²) in [4.78, 5) is 66.1. The van der Waals surface area contributed by atoms with Gasteiger partial charge in [0.25, 0.3) is 5.91 Å². The largest absolute Gasteiger partial charge is 0.527 e. The van der Waals surface area contributed by atoms with Gasteiger partial charge in [-0.2, -0.15) is 0 Å². The number of esters is 1. The van der Waals surface area contributed by atoms with E-state index in [9.17, 15) is 19.2 Å². The SMILES string of the molecule is CCCCOC(=O)ON1CCN(C(=O)[C@H](CCC(=O)OC(C)(C)C)NC(=O)c2cc(N3CC[C@H](OC)C3)cc(-c3ccccc3)n2)CC1. The van der Waals surface area contributed by atoms with Gasteiger partial charge in [-0.25, -0.2) is 9.78 Å². The predicted octanol–water partition coefficient (Wildman–Crippen LogP) is 4.21. The highest BCUT2D eigenvalue weighted by Gasteiger charge is 2.32. The molecule has 2 aliphatic rings. The number of amides is 2. The van der Waals surface area contributed by atoms with Gasteiger partial charge in [-0.05, 0) is 52.2 Å². The van der Waals surface area contributed by atoms with Crippen LogP contribution in [0.3, 0.4) is 0 Å². The van der Waals surface area contributed by atoms with Crippen molar-refractivity contribution in [1.29, 1.82) is 0 Å². The van der Waals surface area contributed by atoms with Crippen LogP contribution in [0.1, 0.15) is 70.3 Å². The molecule has 3 heterocycles. The fourth-order valence-electron chi connectivity index (χ4n) is 5.52. The van der Waals surface area contributed by atoms with Crippen LogP contribution >= 0.6 is 0 Å². The van der Waals surface area contributed by atoms with Gasteiger partial charge in [0.15, 0.2) is 0 Å². The minimum Gasteiger partial charge on any atom is -0.460 e. The summed E-state index contributed by atoms with van der Waals surface area (Å²) in [5.41, 5.74) is 1.77. The molecular weight excluding hydrogens is 618 g/mol. The van der Waals surface area contributed by atoms with E-state index in [2.05, 4.69) is 10.2 Å². The molecule has 48 heavy (non-hydrogen) atoms. The number of hydroxylamine groups is 2. The maximum absolute atomic E-state index is 13.9. The number of nitrogens with zero attached hydrogens (tertiary/aromatic N) is 4. The Labute approximate surface area is 282 Å². The van der Waals surface area contributed by atoms with Crippen LogP contribution < -0.4 is 10.2 Å². The molecule has 4 rings (SSSR count). The van der Waals surface area contributed by atoms with Gasteiger partial charge >= 0.3 is 12.1 Å². The molecule has 262 valence electrons. The molecule has 0 spiro atoms. The number of carbonyl (C=O) groups is 4. The van der Waals surface area contributed by atoms with Crippen LogP contribution in [0.25, 0.3) is 11.3 Å². The molecular formula is C35H49N5O8. The third-order valence-corrected chi connectivity index (χ3v) is 8.09. The number of nitrogens with one attached hydrogen (secondary N) is 1. The monoisotopic (exact) mass is 667 g/mol. The Balaban J connectivity index is 1.51. The van der Waals surface area contributed by atoms with E-state index < -0.39 is 29.7 Å². The van der Waals surface area contributed by atoms with E-state index in [1.54, 1.807) is 38.8 Å². The Hall–Kier alpha value is -4.23. The maximum Gasteiger partial charge on any atom is 0.527 e. The summed E-state index contributed by atoms with van der Waals surface area (Å²) >= 11 is 0. The molecule has 2 saturated heterocycles. The van der Waals surface area contributed by atoms with E-state index in [0.717, 1.165) is 37.1 Å². The Kier molecular flexibility index (Phi) is 13.2. The Bertz CT molecular complexity index is 1390. The van der Waals surface area contributed by atoms with Crippen molar-refractivity contribution in [3.8, 4) is 11.3 Å². The zero-order valence-electron chi connectivity index (χ0n) is 28.7. The zero-order valence-corrected chi connectivity index (χ0v) is 28.7. The molecule has 2 fully saturated rings. The second-order valence-electron chi connectivity index (χ2n) is 13.0. The van der Waals surface area contributed by atoms with Crippen LogP contribution in [0.15, 0.2) is 42.5 Å². The average Bonchev–Trinajstić information content (AvgIpc) is 3.56. The Morgan fingerprint density at radius 2 is 1.75 bits per heavy atom. The molecule has 1 aromatic heterocycles. The van der Waals surface area contributed by atoms with Gasteiger partial charge in [0.1, 0.15) is 17.3 Å². The van der Waals surface area contributed by atoms with Crippen molar-refractivity contribution in [2.45, 2.75) is 77.5 Å². The number of anilines is 1. The molecule has 13 heteroatoms. The van der Waals surface area contributed by atoms with E-state index >= 15 is 0 Å². The fraction of sp³-hybridized carbons (Fsp3) is 0.571. The van der Waals surface area contributed by atoms with Gasteiger partial charge in [-0.3, -0.25) is 14.4 Å². The van der Waals surface area contributed by atoms with E-state index in [1.807, 2.05) is 43.3 Å². The average molecular weight is 668 g/mol.